The van der Waals surface area contributed by atoms with Crippen LogP contribution in [0.2, 0.25) is 0 Å². The number of anilines is 1. The molecule has 0 unspecified atom stereocenters. The first kappa shape index (κ1) is 14.9. The predicted octanol–water partition coefficient (Wildman–Crippen LogP) is 2.74. The number of nitrogens with one attached hydrogen (secondary N) is 1. The number of hydrogen-bond donors (Lipinski definition) is 1. The van der Waals surface area contributed by atoms with Crippen LogP contribution in [0.1, 0.15) is 13.0 Å². The minimum absolute atomic E-state index is 0.0678. The van der Waals surface area contributed by atoms with Crippen LogP contribution in [0.25, 0.3) is 10.8 Å². The number of rotatable bonds is 3. The van der Waals surface area contributed by atoms with Crippen molar-refractivity contribution in [3.8, 4) is 0 Å². The van der Waals surface area contributed by atoms with Crippen molar-refractivity contribution in [2.75, 3.05) is 5.32 Å². The maximum Gasteiger partial charge on any atom is 0.275 e. The molecule has 1 amide bonds. The number of nitrogens with zero attached hydrogens (tertiary/aromatic N) is 2. The van der Waals surface area contributed by atoms with E-state index >= 15 is 0 Å². The molecular weight excluding hydrogens is 297 g/mol. The quantitative estimate of drug-likeness (QED) is 0.809. The van der Waals surface area contributed by atoms with Crippen LogP contribution < -0.4 is 10.9 Å². The lowest BCUT2D eigenvalue weighted by Crippen LogP contribution is -2.33. The maximum atomic E-state index is 13.6. The molecule has 0 saturated carbocycles. The predicted molar refractivity (Wildman–Crippen MR) is 85.7 cm³/mol. The highest BCUT2D eigenvalue weighted by molar-refractivity contribution is 5.93. The highest BCUT2D eigenvalue weighted by Gasteiger charge is 2.19. The van der Waals surface area contributed by atoms with Gasteiger partial charge in [-0.2, -0.15) is 5.10 Å². The normalized spacial score (nSPS) is 12.1. The van der Waals surface area contributed by atoms with Crippen LogP contribution in [-0.4, -0.2) is 15.7 Å². The minimum Gasteiger partial charge on any atom is -0.322 e. The van der Waals surface area contributed by atoms with Gasteiger partial charge in [-0.3, -0.25) is 9.59 Å². The Morgan fingerprint density at radius 1 is 1.17 bits per heavy atom. The molecule has 6 heteroatoms. The summed E-state index contributed by atoms with van der Waals surface area (Å²) in [6.45, 7) is 1.54. The van der Waals surface area contributed by atoms with Gasteiger partial charge < -0.3 is 5.32 Å². The third-order valence-corrected chi connectivity index (χ3v) is 3.60. The summed E-state index contributed by atoms with van der Waals surface area (Å²) in [6, 6.07) is 12.0. The smallest absolute Gasteiger partial charge is 0.275 e. The van der Waals surface area contributed by atoms with E-state index in [1.165, 1.54) is 24.4 Å². The Bertz CT molecular complexity index is 936. The zero-order chi connectivity index (χ0) is 16.4. The highest BCUT2D eigenvalue weighted by atomic mass is 19.1. The number of halogens is 1. The SMILES string of the molecule is C[C@H](C(=O)Nc1ccccc1F)n1ncc2ccccc2c1=O. The molecule has 1 atom stereocenters. The minimum atomic E-state index is -0.869. The molecule has 0 spiro atoms. The monoisotopic (exact) mass is 311 g/mol. The molecule has 0 aliphatic carbocycles. The van der Waals surface area contributed by atoms with Crippen LogP contribution in [0.15, 0.2) is 59.5 Å². The third-order valence-electron chi connectivity index (χ3n) is 3.60. The summed E-state index contributed by atoms with van der Waals surface area (Å²) >= 11 is 0. The molecule has 2 aromatic carbocycles. The van der Waals surface area contributed by atoms with Gasteiger partial charge in [0.25, 0.3) is 5.56 Å². The van der Waals surface area contributed by atoms with Gasteiger partial charge in [0.1, 0.15) is 11.9 Å². The number of hydrogen-bond acceptors (Lipinski definition) is 3. The zero-order valence-electron chi connectivity index (χ0n) is 12.4. The van der Waals surface area contributed by atoms with E-state index in [-0.39, 0.29) is 11.2 Å². The number of carbonyl (C=O) groups is 1. The molecule has 3 rings (SSSR count). The summed E-state index contributed by atoms with van der Waals surface area (Å²) in [6.07, 6.45) is 1.53. The fraction of sp³-hybridized carbons (Fsp3) is 0.118. The van der Waals surface area contributed by atoms with Gasteiger partial charge in [0.05, 0.1) is 17.3 Å². The average Bonchev–Trinajstić information content (AvgIpc) is 2.57. The highest BCUT2D eigenvalue weighted by Crippen LogP contribution is 2.15. The summed E-state index contributed by atoms with van der Waals surface area (Å²) in [7, 11) is 0. The van der Waals surface area contributed by atoms with Crippen LogP contribution >= 0.6 is 0 Å². The fourth-order valence-electron chi connectivity index (χ4n) is 2.29. The van der Waals surface area contributed by atoms with Crippen molar-refractivity contribution in [1.29, 1.82) is 0 Å². The van der Waals surface area contributed by atoms with E-state index in [2.05, 4.69) is 10.4 Å². The van der Waals surface area contributed by atoms with E-state index in [4.69, 9.17) is 0 Å². The van der Waals surface area contributed by atoms with Crippen molar-refractivity contribution in [1.82, 2.24) is 9.78 Å². The molecule has 116 valence electrons. The standard InChI is InChI=1S/C17H14FN3O2/c1-11(16(22)20-15-9-5-4-8-14(15)18)21-17(23)13-7-3-2-6-12(13)10-19-21/h2-11H,1H3,(H,20,22)/t11-/m1/s1. The number of fused-ring (bicyclic) bond motifs is 1. The first-order valence-corrected chi connectivity index (χ1v) is 7.10. The Hall–Kier alpha value is -3.02. The molecule has 23 heavy (non-hydrogen) atoms. The number of amides is 1. The topological polar surface area (TPSA) is 64.0 Å². The second-order valence-corrected chi connectivity index (χ2v) is 5.13. The van der Waals surface area contributed by atoms with Gasteiger partial charge in [-0.05, 0) is 25.1 Å². The summed E-state index contributed by atoms with van der Waals surface area (Å²) in [5.74, 6) is -1.05. The molecule has 1 N–H and O–H groups in total. The average molecular weight is 311 g/mol. The molecule has 0 saturated heterocycles. The second-order valence-electron chi connectivity index (χ2n) is 5.13. The molecule has 1 aromatic heterocycles. The van der Waals surface area contributed by atoms with Crippen LogP contribution in [0.5, 0.6) is 0 Å². The van der Waals surface area contributed by atoms with Crippen LogP contribution in [0.3, 0.4) is 0 Å². The largest absolute Gasteiger partial charge is 0.322 e. The van der Waals surface area contributed by atoms with Crippen molar-refractivity contribution < 1.29 is 9.18 Å². The summed E-state index contributed by atoms with van der Waals surface area (Å²) in [5.41, 5.74) is -0.294. The number of carbonyl (C=O) groups excluding carboxylic acids is 1. The Kier molecular flexibility index (Phi) is 3.89. The van der Waals surface area contributed by atoms with Gasteiger partial charge in [0.2, 0.25) is 5.91 Å². The zero-order valence-corrected chi connectivity index (χ0v) is 12.4. The van der Waals surface area contributed by atoms with Crippen LogP contribution in [0, 0.1) is 5.82 Å². The lowest BCUT2D eigenvalue weighted by Gasteiger charge is -2.14. The van der Waals surface area contributed by atoms with E-state index in [9.17, 15) is 14.0 Å². The molecule has 5 nitrogen and oxygen atoms in total. The van der Waals surface area contributed by atoms with Crippen molar-refractivity contribution >= 4 is 22.4 Å². The molecule has 3 aromatic rings. The van der Waals surface area contributed by atoms with Crippen molar-refractivity contribution in [2.45, 2.75) is 13.0 Å². The van der Waals surface area contributed by atoms with Gasteiger partial charge in [0.15, 0.2) is 0 Å². The lowest BCUT2D eigenvalue weighted by molar-refractivity contribution is -0.119. The second kappa shape index (κ2) is 6.00. The van der Waals surface area contributed by atoms with Crippen molar-refractivity contribution in [2.24, 2.45) is 0 Å². The lowest BCUT2D eigenvalue weighted by atomic mass is 10.2. The molecule has 0 aliphatic heterocycles. The Morgan fingerprint density at radius 2 is 1.87 bits per heavy atom. The fourth-order valence-corrected chi connectivity index (χ4v) is 2.29. The number of aromatic nitrogens is 2. The molecule has 1 heterocycles. The van der Waals surface area contributed by atoms with E-state index in [1.807, 2.05) is 6.07 Å². The summed E-state index contributed by atoms with van der Waals surface area (Å²) < 4.78 is 14.7. The molecular formula is C17H14FN3O2. The van der Waals surface area contributed by atoms with E-state index in [0.717, 1.165) is 4.68 Å². The van der Waals surface area contributed by atoms with E-state index < -0.39 is 17.8 Å². The van der Waals surface area contributed by atoms with Gasteiger partial charge in [-0.25, -0.2) is 9.07 Å². The molecule has 0 radical (unpaired) electrons. The van der Waals surface area contributed by atoms with Crippen molar-refractivity contribution in [3.05, 3.63) is 70.9 Å². The van der Waals surface area contributed by atoms with Gasteiger partial charge >= 0.3 is 0 Å². The Morgan fingerprint density at radius 3 is 2.65 bits per heavy atom. The van der Waals surface area contributed by atoms with Gasteiger partial charge in [0, 0.05) is 5.39 Å². The van der Waals surface area contributed by atoms with Crippen LogP contribution in [-0.2, 0) is 4.79 Å². The first-order valence-electron chi connectivity index (χ1n) is 7.10. The van der Waals surface area contributed by atoms with Crippen LogP contribution in [0.4, 0.5) is 10.1 Å². The molecule has 0 aliphatic rings. The van der Waals surface area contributed by atoms with Crippen molar-refractivity contribution in [3.63, 3.8) is 0 Å². The number of benzene rings is 2. The summed E-state index contributed by atoms with van der Waals surface area (Å²) in [5, 5.41) is 7.69. The first-order chi connectivity index (χ1) is 11.1. The Labute approximate surface area is 131 Å². The summed E-state index contributed by atoms with van der Waals surface area (Å²) in [4.78, 5) is 24.7. The number of para-hydroxylation sites is 1. The molecule has 0 fully saturated rings. The van der Waals surface area contributed by atoms with Gasteiger partial charge in [-0.15, -0.1) is 0 Å². The third kappa shape index (κ3) is 2.83. The van der Waals surface area contributed by atoms with E-state index in [1.54, 1.807) is 31.2 Å². The van der Waals surface area contributed by atoms with E-state index in [0.29, 0.717) is 10.8 Å². The molecule has 0 bridgehead atoms. The maximum absolute atomic E-state index is 13.6. The van der Waals surface area contributed by atoms with Gasteiger partial charge in [-0.1, -0.05) is 30.3 Å². The Balaban J connectivity index is 1.92.